The lowest BCUT2D eigenvalue weighted by Crippen LogP contribution is -2.10. The van der Waals surface area contributed by atoms with Crippen molar-refractivity contribution < 1.29 is 8.78 Å². The quantitative estimate of drug-likeness (QED) is 0.642. The van der Waals surface area contributed by atoms with E-state index in [-0.39, 0.29) is 5.41 Å². The summed E-state index contributed by atoms with van der Waals surface area (Å²) in [6.07, 6.45) is 0.755. The molecule has 0 aliphatic heterocycles. The van der Waals surface area contributed by atoms with Gasteiger partial charge in [-0.15, -0.1) is 0 Å². The minimum Gasteiger partial charge on any atom is -0.204 e. The molecule has 0 aliphatic rings. The predicted octanol–water partition coefficient (Wildman–Crippen LogP) is 3.86. The first-order chi connectivity index (χ1) is 6.29. The van der Waals surface area contributed by atoms with Gasteiger partial charge in [-0.05, 0) is 36.0 Å². The molecule has 0 spiro atoms. The first-order valence-electron chi connectivity index (χ1n) is 4.74. The number of aryl methyl sites for hydroxylation is 1. The van der Waals surface area contributed by atoms with Gasteiger partial charge in [0.2, 0.25) is 0 Å². The average Bonchev–Trinajstić information content (AvgIpc) is 1.96. The summed E-state index contributed by atoms with van der Waals surface area (Å²) in [5.74, 6) is -1.48. The van der Waals surface area contributed by atoms with E-state index in [1.165, 1.54) is 6.07 Å². The van der Waals surface area contributed by atoms with Gasteiger partial charge >= 0.3 is 0 Å². The van der Waals surface area contributed by atoms with Gasteiger partial charge in [0, 0.05) is 0 Å². The molecule has 0 aliphatic carbocycles. The highest BCUT2D eigenvalue weighted by Gasteiger charge is 2.14. The third-order valence-corrected chi connectivity index (χ3v) is 2.00. The van der Waals surface area contributed by atoms with Crippen LogP contribution in [0.2, 0.25) is 0 Å². The molecule has 0 atom stereocenters. The summed E-state index contributed by atoms with van der Waals surface area (Å²) in [7, 11) is 0. The van der Waals surface area contributed by atoms with Gasteiger partial charge in [-0.3, -0.25) is 0 Å². The van der Waals surface area contributed by atoms with E-state index >= 15 is 0 Å². The number of halogens is 2. The highest BCUT2D eigenvalue weighted by atomic mass is 19.2. The Hall–Kier alpha value is -0.920. The van der Waals surface area contributed by atoms with Crippen LogP contribution in [0.1, 0.15) is 31.9 Å². The fourth-order valence-corrected chi connectivity index (χ4v) is 1.51. The van der Waals surface area contributed by atoms with Crippen LogP contribution in [-0.2, 0) is 6.42 Å². The minimum atomic E-state index is -0.746. The predicted molar refractivity (Wildman–Crippen MR) is 54.3 cm³/mol. The summed E-state index contributed by atoms with van der Waals surface area (Å²) in [5.41, 5.74) is 1.33. The van der Waals surface area contributed by atoms with Crippen LogP contribution in [0.25, 0.3) is 0 Å². The van der Waals surface area contributed by atoms with Gasteiger partial charge in [0.05, 0.1) is 0 Å². The van der Waals surface area contributed by atoms with Crippen LogP contribution in [-0.4, -0.2) is 0 Å². The van der Waals surface area contributed by atoms with Crippen LogP contribution >= 0.6 is 0 Å². The van der Waals surface area contributed by atoms with Crippen LogP contribution in [0.4, 0.5) is 8.78 Å². The van der Waals surface area contributed by atoms with Gasteiger partial charge in [-0.2, -0.15) is 0 Å². The molecule has 1 rings (SSSR count). The van der Waals surface area contributed by atoms with Gasteiger partial charge in [0.25, 0.3) is 0 Å². The fourth-order valence-electron chi connectivity index (χ4n) is 1.51. The zero-order chi connectivity index (χ0) is 10.9. The molecule has 1 aromatic rings. The monoisotopic (exact) mass is 198 g/mol. The first kappa shape index (κ1) is 11.2. The third kappa shape index (κ3) is 2.79. The fraction of sp³-hybridized carbons (Fsp3) is 0.500. The second-order valence-electron chi connectivity index (χ2n) is 4.95. The summed E-state index contributed by atoms with van der Waals surface area (Å²) >= 11 is 0. The second-order valence-corrected chi connectivity index (χ2v) is 4.95. The highest BCUT2D eigenvalue weighted by Crippen LogP contribution is 2.23. The molecule has 14 heavy (non-hydrogen) atoms. The molecule has 0 heterocycles. The van der Waals surface area contributed by atoms with Crippen molar-refractivity contribution in [2.24, 2.45) is 5.41 Å². The maximum absolute atomic E-state index is 13.0. The van der Waals surface area contributed by atoms with Gasteiger partial charge in [-0.25, -0.2) is 8.78 Å². The van der Waals surface area contributed by atoms with Crippen molar-refractivity contribution in [3.8, 4) is 0 Å². The molecule has 0 aromatic heterocycles. The summed E-state index contributed by atoms with van der Waals surface area (Å²) in [4.78, 5) is 0. The average molecular weight is 198 g/mol. The molecular weight excluding hydrogens is 182 g/mol. The molecule has 0 nitrogen and oxygen atoms in total. The van der Waals surface area contributed by atoms with Crippen LogP contribution in [0.15, 0.2) is 12.1 Å². The van der Waals surface area contributed by atoms with E-state index in [0.717, 1.165) is 12.0 Å². The van der Waals surface area contributed by atoms with Crippen LogP contribution in [0.5, 0.6) is 0 Å². The Labute approximate surface area is 84.0 Å². The third-order valence-electron chi connectivity index (χ3n) is 2.00. The Balaban J connectivity index is 3.02. The largest absolute Gasteiger partial charge is 0.204 e. The maximum Gasteiger partial charge on any atom is 0.161 e. The topological polar surface area (TPSA) is 0 Å². The zero-order valence-corrected chi connectivity index (χ0v) is 9.12. The van der Waals surface area contributed by atoms with Crippen molar-refractivity contribution in [2.45, 2.75) is 34.1 Å². The normalized spacial score (nSPS) is 11.9. The van der Waals surface area contributed by atoms with E-state index < -0.39 is 11.6 Å². The van der Waals surface area contributed by atoms with Crippen LogP contribution in [0.3, 0.4) is 0 Å². The number of benzene rings is 1. The standard InChI is InChI=1S/C12H16F2/c1-8-5-9(7-12(2,3)4)6-10(13)11(8)14/h5-6H,7H2,1-4H3. The highest BCUT2D eigenvalue weighted by molar-refractivity contribution is 5.26. The second kappa shape index (κ2) is 3.68. The van der Waals surface area contributed by atoms with Gasteiger partial charge in [-0.1, -0.05) is 26.8 Å². The summed E-state index contributed by atoms with van der Waals surface area (Å²) in [6.45, 7) is 7.81. The van der Waals surface area contributed by atoms with E-state index in [9.17, 15) is 8.78 Å². The molecule has 1 aromatic carbocycles. The number of hydrogen-bond acceptors (Lipinski definition) is 0. The van der Waals surface area contributed by atoms with E-state index in [4.69, 9.17) is 0 Å². The number of hydrogen-bond donors (Lipinski definition) is 0. The van der Waals surface area contributed by atoms with Crippen molar-refractivity contribution in [1.82, 2.24) is 0 Å². The van der Waals surface area contributed by atoms with Crippen molar-refractivity contribution in [3.63, 3.8) is 0 Å². The molecule has 0 radical (unpaired) electrons. The summed E-state index contributed by atoms with van der Waals surface area (Å²) in [6, 6.07) is 3.00. The molecule has 0 fully saturated rings. The van der Waals surface area contributed by atoms with E-state index in [1.54, 1.807) is 13.0 Å². The molecule has 0 unspecified atom stereocenters. The van der Waals surface area contributed by atoms with E-state index in [1.807, 2.05) is 0 Å². The molecule has 0 saturated heterocycles. The maximum atomic E-state index is 13.0. The van der Waals surface area contributed by atoms with Crippen molar-refractivity contribution >= 4 is 0 Å². The lowest BCUT2D eigenvalue weighted by Gasteiger charge is -2.18. The molecule has 0 bridgehead atoms. The van der Waals surface area contributed by atoms with Gasteiger partial charge in [0.15, 0.2) is 11.6 Å². The van der Waals surface area contributed by atoms with E-state index in [2.05, 4.69) is 20.8 Å². The Kier molecular flexibility index (Phi) is 2.93. The van der Waals surface area contributed by atoms with Crippen LogP contribution in [0, 0.1) is 24.0 Å². The molecule has 2 heteroatoms. The van der Waals surface area contributed by atoms with E-state index in [0.29, 0.717) is 5.56 Å². The SMILES string of the molecule is Cc1cc(CC(C)(C)C)cc(F)c1F. The molecule has 0 N–H and O–H groups in total. The molecule has 78 valence electrons. The Morgan fingerprint density at radius 3 is 2.14 bits per heavy atom. The van der Waals surface area contributed by atoms with Gasteiger partial charge in [0.1, 0.15) is 0 Å². The number of rotatable bonds is 1. The van der Waals surface area contributed by atoms with Crippen molar-refractivity contribution in [3.05, 3.63) is 34.9 Å². The van der Waals surface area contributed by atoms with Gasteiger partial charge < -0.3 is 0 Å². The lowest BCUT2D eigenvalue weighted by molar-refractivity contribution is 0.408. The Morgan fingerprint density at radius 2 is 1.71 bits per heavy atom. The van der Waals surface area contributed by atoms with Crippen molar-refractivity contribution in [1.29, 1.82) is 0 Å². The summed E-state index contributed by atoms with van der Waals surface area (Å²) < 4.78 is 26.0. The molecule has 0 amide bonds. The summed E-state index contributed by atoms with van der Waals surface area (Å²) in [5, 5.41) is 0. The Morgan fingerprint density at radius 1 is 1.14 bits per heavy atom. The van der Waals surface area contributed by atoms with Crippen molar-refractivity contribution in [2.75, 3.05) is 0 Å². The minimum absolute atomic E-state index is 0.0940. The first-order valence-corrected chi connectivity index (χ1v) is 4.74. The smallest absolute Gasteiger partial charge is 0.161 e. The zero-order valence-electron chi connectivity index (χ0n) is 9.12. The lowest BCUT2D eigenvalue weighted by atomic mass is 9.87. The molecule has 0 saturated carbocycles. The molecular formula is C12H16F2. The van der Waals surface area contributed by atoms with Crippen LogP contribution < -0.4 is 0 Å². The Bertz CT molecular complexity index is 312.